The highest BCUT2D eigenvalue weighted by Gasteiger charge is 2.18. The summed E-state index contributed by atoms with van der Waals surface area (Å²) >= 11 is 0. The predicted octanol–water partition coefficient (Wildman–Crippen LogP) is 1.39. The SMILES string of the molecule is O=[N+]([O-])c1c(OBO)ccc2ccccc12. The van der Waals surface area contributed by atoms with E-state index in [0.717, 1.165) is 5.39 Å². The summed E-state index contributed by atoms with van der Waals surface area (Å²) < 4.78 is 4.82. The summed E-state index contributed by atoms with van der Waals surface area (Å²) in [5.41, 5.74) is -0.118. The minimum absolute atomic E-state index is 0.0752. The van der Waals surface area contributed by atoms with E-state index in [1.54, 1.807) is 30.3 Å². The first-order valence-electron chi connectivity index (χ1n) is 4.64. The first-order valence-corrected chi connectivity index (χ1v) is 4.64. The predicted molar refractivity (Wildman–Crippen MR) is 60.6 cm³/mol. The van der Waals surface area contributed by atoms with E-state index in [0.29, 0.717) is 5.39 Å². The number of nitrogens with zero attached hydrogens (tertiary/aromatic N) is 1. The van der Waals surface area contributed by atoms with Crippen molar-refractivity contribution in [2.24, 2.45) is 0 Å². The molecule has 0 saturated heterocycles. The topological polar surface area (TPSA) is 72.6 Å². The second-order valence-corrected chi connectivity index (χ2v) is 3.16. The zero-order valence-electron chi connectivity index (χ0n) is 8.29. The quantitative estimate of drug-likeness (QED) is 0.478. The van der Waals surface area contributed by atoms with E-state index >= 15 is 0 Å². The van der Waals surface area contributed by atoms with Gasteiger partial charge in [0.1, 0.15) is 0 Å². The highest BCUT2D eigenvalue weighted by molar-refractivity contribution is 6.17. The maximum absolute atomic E-state index is 11.0. The Hall–Kier alpha value is -2.08. The average Bonchev–Trinajstić information content (AvgIpc) is 2.28. The van der Waals surface area contributed by atoms with Crippen LogP contribution in [0.2, 0.25) is 0 Å². The molecule has 6 heteroatoms. The Bertz CT molecular complexity index is 543. The van der Waals surface area contributed by atoms with Crippen LogP contribution in [-0.4, -0.2) is 17.6 Å². The third kappa shape index (κ3) is 1.70. The van der Waals surface area contributed by atoms with Gasteiger partial charge in [-0.25, -0.2) is 0 Å². The van der Waals surface area contributed by atoms with Crippen molar-refractivity contribution in [2.45, 2.75) is 0 Å². The van der Waals surface area contributed by atoms with Crippen molar-refractivity contribution in [3.63, 3.8) is 0 Å². The van der Waals surface area contributed by atoms with E-state index < -0.39 is 12.6 Å². The normalized spacial score (nSPS) is 10.1. The van der Waals surface area contributed by atoms with Gasteiger partial charge in [0.15, 0.2) is 5.75 Å². The molecule has 0 unspecified atom stereocenters. The van der Waals surface area contributed by atoms with Gasteiger partial charge in [-0.05, 0) is 17.5 Å². The Labute approximate surface area is 91.7 Å². The molecule has 2 aromatic rings. The fourth-order valence-electron chi connectivity index (χ4n) is 1.61. The van der Waals surface area contributed by atoms with Gasteiger partial charge in [-0.3, -0.25) is 10.1 Å². The maximum Gasteiger partial charge on any atom is 0.504 e. The van der Waals surface area contributed by atoms with Crippen LogP contribution in [-0.2, 0) is 0 Å². The van der Waals surface area contributed by atoms with Crippen molar-refractivity contribution >= 4 is 24.1 Å². The van der Waals surface area contributed by atoms with Crippen LogP contribution in [0.25, 0.3) is 10.8 Å². The Morgan fingerprint density at radius 2 is 2.00 bits per heavy atom. The molecule has 0 fully saturated rings. The van der Waals surface area contributed by atoms with E-state index in [4.69, 9.17) is 9.68 Å². The van der Waals surface area contributed by atoms with E-state index in [1.165, 1.54) is 6.07 Å². The van der Waals surface area contributed by atoms with Crippen molar-refractivity contribution in [2.75, 3.05) is 0 Å². The summed E-state index contributed by atoms with van der Waals surface area (Å²) in [5.74, 6) is 0.0752. The molecule has 0 radical (unpaired) electrons. The van der Waals surface area contributed by atoms with E-state index in [9.17, 15) is 10.1 Å². The largest absolute Gasteiger partial charge is 0.534 e. The molecule has 0 bridgehead atoms. The van der Waals surface area contributed by atoms with Crippen LogP contribution < -0.4 is 4.65 Å². The molecule has 1 N–H and O–H groups in total. The van der Waals surface area contributed by atoms with Gasteiger partial charge in [-0.15, -0.1) is 0 Å². The fraction of sp³-hybridized carbons (Fsp3) is 0. The lowest BCUT2D eigenvalue weighted by Crippen LogP contribution is -2.03. The fourth-order valence-corrected chi connectivity index (χ4v) is 1.61. The molecule has 0 atom stereocenters. The molecule has 0 aliphatic heterocycles. The van der Waals surface area contributed by atoms with Crippen LogP contribution in [0.1, 0.15) is 0 Å². The van der Waals surface area contributed by atoms with Crippen LogP contribution in [0.3, 0.4) is 0 Å². The van der Waals surface area contributed by atoms with Gasteiger partial charge >= 0.3 is 13.4 Å². The maximum atomic E-state index is 11.0. The third-order valence-electron chi connectivity index (χ3n) is 2.27. The van der Waals surface area contributed by atoms with Crippen molar-refractivity contribution in [3.8, 4) is 5.75 Å². The second-order valence-electron chi connectivity index (χ2n) is 3.16. The molecule has 0 aliphatic rings. The molecule has 0 amide bonds. The Morgan fingerprint density at radius 1 is 1.25 bits per heavy atom. The molecule has 16 heavy (non-hydrogen) atoms. The molecule has 0 heterocycles. The van der Waals surface area contributed by atoms with E-state index in [-0.39, 0.29) is 11.4 Å². The lowest BCUT2D eigenvalue weighted by atomic mass is 10.1. The lowest BCUT2D eigenvalue weighted by molar-refractivity contribution is -0.383. The summed E-state index contributed by atoms with van der Waals surface area (Å²) in [6.07, 6.45) is 0. The summed E-state index contributed by atoms with van der Waals surface area (Å²) in [6, 6.07) is 10.2. The number of nitro benzene ring substituents is 1. The van der Waals surface area contributed by atoms with Crippen molar-refractivity contribution in [3.05, 3.63) is 46.5 Å². The van der Waals surface area contributed by atoms with Crippen molar-refractivity contribution in [1.82, 2.24) is 0 Å². The number of hydrogen-bond donors (Lipinski definition) is 1. The van der Waals surface area contributed by atoms with Crippen molar-refractivity contribution in [1.29, 1.82) is 0 Å². The second kappa shape index (κ2) is 4.20. The molecular weight excluding hydrogens is 209 g/mol. The number of hydrogen-bond acceptors (Lipinski definition) is 4. The molecule has 0 spiro atoms. The highest BCUT2D eigenvalue weighted by Crippen LogP contribution is 2.34. The molecule has 0 aliphatic carbocycles. The lowest BCUT2D eigenvalue weighted by Gasteiger charge is -2.05. The van der Waals surface area contributed by atoms with Gasteiger partial charge < -0.3 is 9.68 Å². The Kier molecular flexibility index (Phi) is 2.74. The van der Waals surface area contributed by atoms with Gasteiger partial charge in [0, 0.05) is 0 Å². The summed E-state index contributed by atoms with van der Waals surface area (Å²) in [6.45, 7) is 0. The van der Waals surface area contributed by atoms with Crippen LogP contribution in [0.4, 0.5) is 5.69 Å². The molecular formula is C10H8BNO4. The molecule has 80 valence electrons. The first-order chi connectivity index (χ1) is 7.74. The standard InChI is InChI=1S/C10H8BNO4/c13-11-16-9-6-5-7-3-1-2-4-8(7)10(9)12(14)15/h1-6,11,13H. The summed E-state index contributed by atoms with van der Waals surface area (Å²) in [5, 5.41) is 20.9. The molecule has 5 nitrogen and oxygen atoms in total. The molecule has 0 aromatic heterocycles. The number of benzene rings is 2. The van der Waals surface area contributed by atoms with E-state index in [1.807, 2.05) is 0 Å². The smallest absolute Gasteiger partial charge is 0.504 e. The van der Waals surface area contributed by atoms with E-state index in [2.05, 4.69) is 0 Å². The monoisotopic (exact) mass is 217 g/mol. The third-order valence-corrected chi connectivity index (χ3v) is 2.27. The highest BCUT2D eigenvalue weighted by atomic mass is 16.6. The number of nitro groups is 1. The minimum atomic E-state index is -0.584. The van der Waals surface area contributed by atoms with Gasteiger partial charge in [-0.2, -0.15) is 0 Å². The number of rotatable bonds is 3. The van der Waals surface area contributed by atoms with Crippen molar-refractivity contribution < 1.29 is 14.6 Å². The molecule has 2 aromatic carbocycles. The summed E-state index contributed by atoms with van der Waals surface area (Å²) in [7, 11) is -0.584. The zero-order valence-corrected chi connectivity index (χ0v) is 8.29. The molecule has 2 rings (SSSR count). The van der Waals surface area contributed by atoms with Crippen LogP contribution in [0.5, 0.6) is 5.75 Å². The van der Waals surface area contributed by atoms with Gasteiger partial charge in [0.2, 0.25) is 0 Å². The van der Waals surface area contributed by atoms with Crippen LogP contribution in [0.15, 0.2) is 36.4 Å². The zero-order chi connectivity index (χ0) is 11.5. The average molecular weight is 217 g/mol. The van der Waals surface area contributed by atoms with Crippen LogP contribution in [0, 0.1) is 10.1 Å². The Balaban J connectivity index is 2.73. The summed E-state index contributed by atoms with van der Waals surface area (Å²) in [4.78, 5) is 10.4. The van der Waals surface area contributed by atoms with Crippen LogP contribution >= 0.6 is 0 Å². The minimum Gasteiger partial charge on any atom is -0.534 e. The van der Waals surface area contributed by atoms with Gasteiger partial charge in [0.05, 0.1) is 10.3 Å². The van der Waals surface area contributed by atoms with Gasteiger partial charge in [0.25, 0.3) is 0 Å². The van der Waals surface area contributed by atoms with Gasteiger partial charge in [-0.1, -0.05) is 24.3 Å². The molecule has 0 saturated carbocycles. The Morgan fingerprint density at radius 3 is 2.69 bits per heavy atom. The first kappa shape index (κ1) is 10.4. The number of fused-ring (bicyclic) bond motifs is 1.